The summed E-state index contributed by atoms with van der Waals surface area (Å²) < 4.78 is 0. The maximum Gasteiger partial charge on any atom is 0.142 e. The number of allylic oxidation sites excluding steroid dienone is 1. The Bertz CT molecular complexity index is 483. The molecule has 2 heteroatoms. The van der Waals surface area contributed by atoms with Gasteiger partial charge in [-0.15, -0.1) is 0 Å². The lowest BCUT2D eigenvalue weighted by Crippen LogP contribution is -1.79. The van der Waals surface area contributed by atoms with Crippen LogP contribution in [0.1, 0.15) is 5.56 Å². The van der Waals surface area contributed by atoms with Crippen LogP contribution in [0.15, 0.2) is 42.7 Å². The fourth-order valence-electron chi connectivity index (χ4n) is 1.44. The monoisotopic (exact) mass is 183 g/mol. The van der Waals surface area contributed by atoms with Crippen molar-refractivity contribution < 1.29 is 4.79 Å². The van der Waals surface area contributed by atoms with Crippen LogP contribution in [0.2, 0.25) is 0 Å². The zero-order valence-corrected chi connectivity index (χ0v) is 7.55. The summed E-state index contributed by atoms with van der Waals surface area (Å²) in [5.74, 6) is 0. The number of hydrogen-bond acceptors (Lipinski definition) is 2. The summed E-state index contributed by atoms with van der Waals surface area (Å²) in [5, 5.41) is 2.20. The Hall–Kier alpha value is -1.96. The van der Waals surface area contributed by atoms with Gasteiger partial charge in [-0.3, -0.25) is 9.78 Å². The Morgan fingerprint density at radius 3 is 3.00 bits per heavy atom. The van der Waals surface area contributed by atoms with Crippen molar-refractivity contribution in [2.45, 2.75) is 0 Å². The molecule has 1 aromatic heterocycles. The fourth-order valence-corrected chi connectivity index (χ4v) is 1.44. The molecule has 0 aliphatic carbocycles. The first-order valence-corrected chi connectivity index (χ1v) is 4.36. The number of nitrogens with zero attached hydrogens (tertiary/aromatic N) is 1. The van der Waals surface area contributed by atoms with Crippen LogP contribution in [-0.4, -0.2) is 11.3 Å². The molecule has 1 aromatic carbocycles. The van der Waals surface area contributed by atoms with Gasteiger partial charge < -0.3 is 0 Å². The van der Waals surface area contributed by atoms with Gasteiger partial charge in [0.2, 0.25) is 0 Å². The molecule has 0 amide bonds. The number of hydrogen-bond donors (Lipinski definition) is 0. The van der Waals surface area contributed by atoms with Crippen LogP contribution in [-0.2, 0) is 4.79 Å². The smallest absolute Gasteiger partial charge is 0.142 e. The lowest BCUT2D eigenvalue weighted by atomic mass is 10.1. The van der Waals surface area contributed by atoms with Crippen molar-refractivity contribution in [3.8, 4) is 0 Å². The molecule has 0 bridgehead atoms. The van der Waals surface area contributed by atoms with Crippen molar-refractivity contribution in [1.82, 2.24) is 4.98 Å². The average molecular weight is 183 g/mol. The van der Waals surface area contributed by atoms with E-state index in [9.17, 15) is 4.79 Å². The van der Waals surface area contributed by atoms with E-state index >= 15 is 0 Å². The van der Waals surface area contributed by atoms with Gasteiger partial charge in [-0.2, -0.15) is 0 Å². The summed E-state index contributed by atoms with van der Waals surface area (Å²) in [6.45, 7) is 0. The van der Waals surface area contributed by atoms with E-state index in [0.717, 1.165) is 22.6 Å². The van der Waals surface area contributed by atoms with Gasteiger partial charge in [0.15, 0.2) is 0 Å². The van der Waals surface area contributed by atoms with Crippen LogP contribution >= 0.6 is 0 Å². The molecule has 0 aliphatic rings. The molecule has 1 heterocycles. The fraction of sp³-hybridized carbons (Fsp3) is 0. The molecule has 0 saturated carbocycles. The molecule has 0 fully saturated rings. The van der Waals surface area contributed by atoms with Crippen molar-refractivity contribution in [2.24, 2.45) is 0 Å². The van der Waals surface area contributed by atoms with E-state index in [4.69, 9.17) is 0 Å². The Balaban J connectivity index is 2.64. The summed E-state index contributed by atoms with van der Waals surface area (Å²) in [6.07, 6.45) is 7.64. The minimum absolute atomic E-state index is 0.778. The molecule has 0 unspecified atom stereocenters. The Morgan fingerprint density at radius 1 is 1.21 bits per heavy atom. The molecule has 0 saturated heterocycles. The number of pyridine rings is 1. The van der Waals surface area contributed by atoms with Crippen molar-refractivity contribution in [3.05, 3.63) is 48.3 Å². The highest BCUT2D eigenvalue weighted by Gasteiger charge is 1.95. The van der Waals surface area contributed by atoms with Crippen LogP contribution in [0.4, 0.5) is 0 Å². The molecule has 2 rings (SSSR count). The number of carbonyl (C=O) groups is 1. The van der Waals surface area contributed by atoms with Gasteiger partial charge in [-0.05, 0) is 23.1 Å². The standard InChI is InChI=1S/C12H9NO/c14-8-2-5-10-3-1-4-11-9-13-7-6-12(10)11/h1-9H. The number of fused-ring (bicyclic) bond motifs is 1. The van der Waals surface area contributed by atoms with Gasteiger partial charge in [-0.1, -0.05) is 24.3 Å². The van der Waals surface area contributed by atoms with Gasteiger partial charge in [0.05, 0.1) is 0 Å². The first kappa shape index (κ1) is 8.63. The Labute approximate surface area is 81.9 Å². The van der Waals surface area contributed by atoms with Gasteiger partial charge in [0.1, 0.15) is 6.29 Å². The average Bonchev–Trinajstić information content (AvgIpc) is 2.26. The summed E-state index contributed by atoms with van der Waals surface area (Å²) >= 11 is 0. The molecular formula is C12H9NO. The maximum absolute atomic E-state index is 10.2. The van der Waals surface area contributed by atoms with Crippen LogP contribution in [0.5, 0.6) is 0 Å². The number of rotatable bonds is 2. The first-order chi connectivity index (χ1) is 6.92. The third-order valence-corrected chi connectivity index (χ3v) is 2.07. The van der Waals surface area contributed by atoms with Crippen molar-refractivity contribution in [1.29, 1.82) is 0 Å². The predicted octanol–water partition coefficient (Wildman–Crippen LogP) is 2.45. The zero-order chi connectivity index (χ0) is 9.80. The minimum atomic E-state index is 0.778. The second-order valence-corrected chi connectivity index (χ2v) is 2.94. The molecule has 2 nitrogen and oxygen atoms in total. The normalized spacial score (nSPS) is 10.9. The molecule has 0 atom stereocenters. The van der Waals surface area contributed by atoms with E-state index in [-0.39, 0.29) is 0 Å². The van der Waals surface area contributed by atoms with Crippen LogP contribution in [0, 0.1) is 0 Å². The lowest BCUT2D eigenvalue weighted by molar-refractivity contribution is -0.104. The summed E-state index contributed by atoms with van der Waals surface area (Å²) in [4.78, 5) is 14.3. The van der Waals surface area contributed by atoms with E-state index in [2.05, 4.69) is 4.98 Å². The number of benzene rings is 1. The van der Waals surface area contributed by atoms with Crippen molar-refractivity contribution >= 4 is 23.1 Å². The zero-order valence-electron chi connectivity index (χ0n) is 7.55. The molecule has 14 heavy (non-hydrogen) atoms. The predicted molar refractivity (Wildman–Crippen MR) is 56.8 cm³/mol. The molecule has 2 aromatic rings. The number of aldehydes is 1. The topological polar surface area (TPSA) is 30.0 Å². The molecule has 68 valence electrons. The molecule has 0 aliphatic heterocycles. The van der Waals surface area contributed by atoms with Crippen LogP contribution < -0.4 is 0 Å². The number of aromatic nitrogens is 1. The highest BCUT2D eigenvalue weighted by molar-refractivity contribution is 5.91. The van der Waals surface area contributed by atoms with Crippen molar-refractivity contribution in [2.75, 3.05) is 0 Å². The summed E-state index contributed by atoms with van der Waals surface area (Å²) in [5.41, 5.74) is 1.04. The SMILES string of the molecule is O=CC=Cc1cccc2cnccc12. The highest BCUT2D eigenvalue weighted by atomic mass is 16.1. The first-order valence-electron chi connectivity index (χ1n) is 4.36. The third-order valence-electron chi connectivity index (χ3n) is 2.07. The maximum atomic E-state index is 10.2. The molecule has 0 radical (unpaired) electrons. The van der Waals surface area contributed by atoms with Crippen LogP contribution in [0.25, 0.3) is 16.8 Å². The second-order valence-electron chi connectivity index (χ2n) is 2.94. The van der Waals surface area contributed by atoms with Crippen molar-refractivity contribution in [3.63, 3.8) is 0 Å². The van der Waals surface area contributed by atoms with Gasteiger partial charge in [0.25, 0.3) is 0 Å². The largest absolute Gasteiger partial charge is 0.299 e. The van der Waals surface area contributed by atoms with E-state index in [1.54, 1.807) is 12.3 Å². The third kappa shape index (κ3) is 1.55. The van der Waals surface area contributed by atoms with E-state index in [1.807, 2.05) is 30.5 Å². The summed E-state index contributed by atoms with van der Waals surface area (Å²) in [7, 11) is 0. The quantitative estimate of drug-likeness (QED) is 0.528. The van der Waals surface area contributed by atoms with E-state index < -0.39 is 0 Å². The summed E-state index contributed by atoms with van der Waals surface area (Å²) in [6, 6.07) is 7.87. The molecular weight excluding hydrogens is 174 g/mol. The van der Waals surface area contributed by atoms with Gasteiger partial charge >= 0.3 is 0 Å². The molecule has 0 spiro atoms. The van der Waals surface area contributed by atoms with E-state index in [0.29, 0.717) is 0 Å². The van der Waals surface area contributed by atoms with Crippen LogP contribution in [0.3, 0.4) is 0 Å². The minimum Gasteiger partial charge on any atom is -0.299 e. The highest BCUT2D eigenvalue weighted by Crippen LogP contribution is 2.18. The second kappa shape index (κ2) is 3.83. The Morgan fingerprint density at radius 2 is 2.14 bits per heavy atom. The molecule has 0 N–H and O–H groups in total. The van der Waals surface area contributed by atoms with Gasteiger partial charge in [-0.25, -0.2) is 0 Å². The van der Waals surface area contributed by atoms with E-state index in [1.165, 1.54) is 6.08 Å². The van der Waals surface area contributed by atoms with Gasteiger partial charge in [0, 0.05) is 17.8 Å². The number of carbonyl (C=O) groups excluding carboxylic acids is 1. The lowest BCUT2D eigenvalue weighted by Gasteiger charge is -1.99. The Kier molecular flexibility index (Phi) is 2.36.